The fourth-order valence-electron chi connectivity index (χ4n) is 4.00. The lowest BCUT2D eigenvalue weighted by Crippen LogP contribution is -2.24. The summed E-state index contributed by atoms with van der Waals surface area (Å²) in [4.78, 5) is 0. The van der Waals surface area contributed by atoms with E-state index in [1.807, 2.05) is 45.0 Å². The van der Waals surface area contributed by atoms with Crippen LogP contribution in [-0.4, -0.2) is 52.7 Å². The minimum atomic E-state index is 0.000569. The Morgan fingerprint density at radius 2 is 1.53 bits per heavy atom. The fourth-order valence-corrected chi connectivity index (χ4v) is 4.51. The molecule has 0 heterocycles. The molecule has 1 atom stereocenters. The van der Waals surface area contributed by atoms with Gasteiger partial charge in [0.15, 0.2) is 0 Å². The molecule has 214 valence electrons. The summed E-state index contributed by atoms with van der Waals surface area (Å²) in [6, 6.07) is 11.7. The molecule has 0 aliphatic carbocycles. The van der Waals surface area contributed by atoms with Crippen LogP contribution < -0.4 is 10.1 Å². The van der Waals surface area contributed by atoms with E-state index < -0.39 is 0 Å². The number of halogens is 2. The Balaban J connectivity index is 1.56. The highest BCUT2D eigenvalue weighted by atomic mass is 35.5. The molecule has 0 aliphatic rings. The zero-order valence-corrected chi connectivity index (χ0v) is 24.7. The van der Waals surface area contributed by atoms with E-state index in [9.17, 15) is 0 Å². The Kier molecular flexibility index (Phi) is 17.7. The average Bonchev–Trinajstić information content (AvgIpc) is 2.91. The van der Waals surface area contributed by atoms with Gasteiger partial charge in [-0.3, -0.25) is 0 Å². The van der Waals surface area contributed by atoms with E-state index in [0.29, 0.717) is 56.3 Å². The highest BCUT2D eigenvalue weighted by Crippen LogP contribution is 2.27. The van der Waals surface area contributed by atoms with Crippen molar-refractivity contribution in [3.8, 4) is 5.75 Å². The summed E-state index contributed by atoms with van der Waals surface area (Å²) in [5.74, 6) is 0.881. The van der Waals surface area contributed by atoms with E-state index in [0.717, 1.165) is 61.4 Å². The lowest BCUT2D eigenvalue weighted by atomic mass is 10.0. The van der Waals surface area contributed by atoms with E-state index in [4.69, 9.17) is 46.9 Å². The van der Waals surface area contributed by atoms with Gasteiger partial charge in [-0.15, -0.1) is 0 Å². The molecule has 0 aromatic heterocycles. The molecule has 0 saturated carbocycles. The van der Waals surface area contributed by atoms with Gasteiger partial charge in [-0.1, -0.05) is 48.2 Å². The number of rotatable bonds is 22. The molecule has 2 rings (SSSR count). The van der Waals surface area contributed by atoms with Crippen molar-refractivity contribution in [2.24, 2.45) is 0 Å². The number of unbranched alkanes of at least 4 members (excludes halogenated alkanes) is 3. The normalized spacial score (nSPS) is 12.1. The third-order valence-electron chi connectivity index (χ3n) is 5.99. The first-order valence-corrected chi connectivity index (χ1v) is 14.6. The van der Waals surface area contributed by atoms with Crippen LogP contribution in [0.15, 0.2) is 36.4 Å². The zero-order chi connectivity index (χ0) is 27.4. The molecule has 0 aliphatic heterocycles. The van der Waals surface area contributed by atoms with Crippen LogP contribution in [0.2, 0.25) is 10.0 Å². The summed E-state index contributed by atoms with van der Waals surface area (Å²) >= 11 is 12.3. The summed E-state index contributed by atoms with van der Waals surface area (Å²) in [5, 5.41) is 4.82. The van der Waals surface area contributed by atoms with Crippen LogP contribution in [-0.2, 0) is 32.2 Å². The predicted molar refractivity (Wildman–Crippen MR) is 156 cm³/mol. The molecule has 0 bridgehead atoms. The minimum Gasteiger partial charge on any atom is -0.494 e. The van der Waals surface area contributed by atoms with E-state index in [1.54, 1.807) is 0 Å². The SMILES string of the molecule is CCOCc1cc([C@H](CNCCCCCCOCCOCc2c(Cl)cccc2Cl)OCC)ccc1OCC. The maximum Gasteiger partial charge on any atom is 0.124 e. The van der Waals surface area contributed by atoms with Crippen molar-refractivity contribution in [2.45, 2.75) is 65.8 Å². The lowest BCUT2D eigenvalue weighted by molar-refractivity contribution is 0.0393. The Morgan fingerprint density at radius 1 is 0.763 bits per heavy atom. The maximum atomic E-state index is 6.15. The molecule has 0 amide bonds. The molecule has 38 heavy (non-hydrogen) atoms. The summed E-state index contributed by atoms with van der Waals surface area (Å²) in [5.41, 5.74) is 3.03. The predicted octanol–water partition coefficient (Wildman–Crippen LogP) is 7.39. The van der Waals surface area contributed by atoms with Gasteiger partial charge in [0.25, 0.3) is 0 Å². The van der Waals surface area contributed by atoms with Gasteiger partial charge >= 0.3 is 0 Å². The van der Waals surface area contributed by atoms with Gasteiger partial charge in [0.1, 0.15) is 5.75 Å². The Bertz CT molecular complexity index is 879. The minimum absolute atomic E-state index is 0.000569. The molecular formula is C30H45Cl2NO5. The van der Waals surface area contributed by atoms with Crippen LogP contribution in [0.25, 0.3) is 0 Å². The average molecular weight is 571 g/mol. The van der Waals surface area contributed by atoms with Crippen LogP contribution in [0.4, 0.5) is 0 Å². The number of benzene rings is 2. The highest BCUT2D eigenvalue weighted by molar-refractivity contribution is 6.35. The molecule has 0 radical (unpaired) electrons. The topological polar surface area (TPSA) is 58.2 Å². The van der Waals surface area contributed by atoms with Crippen LogP contribution in [0, 0.1) is 0 Å². The molecule has 2 aromatic carbocycles. The molecule has 6 nitrogen and oxygen atoms in total. The second kappa shape index (κ2) is 20.5. The van der Waals surface area contributed by atoms with E-state index in [1.165, 1.54) is 6.42 Å². The fraction of sp³-hybridized carbons (Fsp3) is 0.600. The summed E-state index contributed by atoms with van der Waals surface area (Å²) in [7, 11) is 0. The number of hydrogen-bond donors (Lipinski definition) is 1. The molecule has 0 unspecified atom stereocenters. The second-order valence-electron chi connectivity index (χ2n) is 8.86. The van der Waals surface area contributed by atoms with Gasteiger partial charge in [-0.25, -0.2) is 0 Å². The van der Waals surface area contributed by atoms with Crippen molar-refractivity contribution in [1.29, 1.82) is 0 Å². The van der Waals surface area contributed by atoms with E-state index in [-0.39, 0.29) is 6.10 Å². The molecule has 0 fully saturated rings. The first kappa shape index (κ1) is 32.8. The highest BCUT2D eigenvalue weighted by Gasteiger charge is 2.14. The van der Waals surface area contributed by atoms with Gasteiger partial charge in [0.05, 0.1) is 39.1 Å². The number of ether oxygens (including phenoxy) is 5. The molecular weight excluding hydrogens is 525 g/mol. The Morgan fingerprint density at radius 3 is 2.26 bits per heavy atom. The molecule has 0 saturated heterocycles. The van der Waals surface area contributed by atoms with E-state index in [2.05, 4.69) is 17.4 Å². The van der Waals surface area contributed by atoms with Gasteiger partial charge in [0, 0.05) is 47.5 Å². The van der Waals surface area contributed by atoms with Crippen molar-refractivity contribution in [2.75, 3.05) is 52.7 Å². The van der Waals surface area contributed by atoms with Crippen molar-refractivity contribution in [3.63, 3.8) is 0 Å². The number of nitrogens with one attached hydrogen (secondary N) is 1. The zero-order valence-electron chi connectivity index (χ0n) is 23.2. The van der Waals surface area contributed by atoms with Crippen molar-refractivity contribution in [3.05, 3.63) is 63.1 Å². The summed E-state index contributed by atoms with van der Waals surface area (Å²) < 4.78 is 28.8. The third-order valence-corrected chi connectivity index (χ3v) is 6.70. The summed E-state index contributed by atoms with van der Waals surface area (Å²) in [6.45, 7) is 12.5. The lowest BCUT2D eigenvalue weighted by Gasteiger charge is -2.20. The van der Waals surface area contributed by atoms with E-state index >= 15 is 0 Å². The van der Waals surface area contributed by atoms with Crippen LogP contribution in [0.1, 0.15) is 69.2 Å². The second-order valence-corrected chi connectivity index (χ2v) is 9.68. The van der Waals surface area contributed by atoms with Crippen LogP contribution in [0.3, 0.4) is 0 Å². The third kappa shape index (κ3) is 12.6. The maximum absolute atomic E-state index is 6.15. The quantitative estimate of drug-likeness (QED) is 0.149. The van der Waals surface area contributed by atoms with Crippen LogP contribution >= 0.6 is 23.2 Å². The molecule has 8 heteroatoms. The first-order valence-electron chi connectivity index (χ1n) is 13.8. The smallest absolute Gasteiger partial charge is 0.124 e. The molecule has 2 aromatic rings. The first-order chi connectivity index (χ1) is 18.6. The molecule has 0 spiro atoms. The van der Waals surface area contributed by atoms with Gasteiger partial charge in [-0.05, 0) is 70.0 Å². The van der Waals surface area contributed by atoms with Gasteiger partial charge in [0.2, 0.25) is 0 Å². The molecule has 1 N–H and O–H groups in total. The number of hydrogen-bond acceptors (Lipinski definition) is 6. The van der Waals surface area contributed by atoms with Crippen LogP contribution in [0.5, 0.6) is 5.75 Å². The van der Waals surface area contributed by atoms with Crippen molar-refractivity contribution in [1.82, 2.24) is 5.32 Å². The monoisotopic (exact) mass is 569 g/mol. The largest absolute Gasteiger partial charge is 0.494 e. The van der Waals surface area contributed by atoms with Gasteiger partial charge in [-0.2, -0.15) is 0 Å². The summed E-state index contributed by atoms with van der Waals surface area (Å²) in [6.07, 6.45) is 4.48. The Hall–Kier alpha value is -1.38. The van der Waals surface area contributed by atoms with Crippen molar-refractivity contribution >= 4 is 23.2 Å². The standard InChI is InChI=1S/C30H45Cl2NO5/c1-4-34-22-25-20-24(14-15-29(25)37-5-2)30(38-6-3)21-33-16-9-7-8-10-17-35-18-19-36-23-26-27(31)12-11-13-28(26)32/h11-15,20,30,33H,4-10,16-19,21-23H2,1-3H3/t30-/m0/s1. The Labute approximate surface area is 239 Å². The van der Waals surface area contributed by atoms with Crippen molar-refractivity contribution < 1.29 is 23.7 Å². The van der Waals surface area contributed by atoms with Gasteiger partial charge < -0.3 is 29.0 Å².